The summed E-state index contributed by atoms with van der Waals surface area (Å²) in [6.07, 6.45) is 57.8. The van der Waals surface area contributed by atoms with Crippen LogP contribution in [-0.2, 0) is 4.79 Å². The maximum Gasteiger partial charge on any atom is 0.249 e. The number of carbonyl (C=O) groups excluding carboxylic acids is 1. The molecule has 4 atom stereocenters. The van der Waals surface area contributed by atoms with Crippen molar-refractivity contribution in [2.24, 2.45) is 0 Å². The predicted molar refractivity (Wildman–Crippen MR) is 256 cm³/mol. The van der Waals surface area contributed by atoms with E-state index in [2.05, 4.69) is 55.6 Å². The average molecular weight is 832 g/mol. The number of hydrogen-bond acceptors (Lipinski definition) is 5. The molecule has 0 aliphatic rings. The topological polar surface area (TPSA) is 110 Å². The van der Waals surface area contributed by atoms with Gasteiger partial charge in [-0.2, -0.15) is 0 Å². The van der Waals surface area contributed by atoms with Gasteiger partial charge in [-0.25, -0.2) is 0 Å². The highest BCUT2D eigenvalue weighted by Crippen LogP contribution is 2.16. The Labute approximate surface area is 367 Å². The summed E-state index contributed by atoms with van der Waals surface area (Å²) < 4.78 is 0. The zero-order valence-corrected chi connectivity index (χ0v) is 39.3. The minimum Gasteiger partial charge on any atom is -0.394 e. The second kappa shape index (κ2) is 47.6. The molecule has 0 spiro atoms. The van der Waals surface area contributed by atoms with Crippen molar-refractivity contribution in [3.63, 3.8) is 0 Å². The van der Waals surface area contributed by atoms with E-state index in [0.29, 0.717) is 12.8 Å². The fourth-order valence-electron chi connectivity index (χ4n) is 7.97. The largest absolute Gasteiger partial charge is 0.394 e. The summed E-state index contributed by atoms with van der Waals surface area (Å²) in [5.74, 6) is -0.593. The summed E-state index contributed by atoms with van der Waals surface area (Å²) >= 11 is 0. The molecule has 6 heteroatoms. The Kier molecular flexibility index (Phi) is 46.4. The SMILES string of the molecule is CCCCCCCCCC/C=C/CCCC(O)C(O)C(CO)NC(=O)C(O)CCCCCCCCCCCCCCCC/C=C\C/C=C\CCCCCCCCCCC. The van der Waals surface area contributed by atoms with E-state index in [4.69, 9.17) is 0 Å². The first-order valence-electron chi connectivity index (χ1n) is 25.9. The molecular weight excluding hydrogens is 731 g/mol. The molecule has 0 saturated heterocycles. The third kappa shape index (κ3) is 41.6. The van der Waals surface area contributed by atoms with Gasteiger partial charge in [0.15, 0.2) is 0 Å². The van der Waals surface area contributed by atoms with Gasteiger partial charge in [-0.15, -0.1) is 0 Å². The van der Waals surface area contributed by atoms with E-state index in [1.807, 2.05) is 0 Å². The highest BCUT2D eigenvalue weighted by molar-refractivity contribution is 5.80. The number of amides is 1. The minimum absolute atomic E-state index is 0.363. The molecule has 59 heavy (non-hydrogen) atoms. The van der Waals surface area contributed by atoms with E-state index < -0.39 is 36.9 Å². The molecular formula is C53H101NO5. The maximum atomic E-state index is 12.5. The van der Waals surface area contributed by atoms with Gasteiger partial charge in [0.25, 0.3) is 0 Å². The highest BCUT2D eigenvalue weighted by Gasteiger charge is 2.28. The van der Waals surface area contributed by atoms with Crippen molar-refractivity contribution < 1.29 is 25.2 Å². The van der Waals surface area contributed by atoms with E-state index in [0.717, 1.165) is 44.9 Å². The molecule has 0 radical (unpaired) electrons. The fourth-order valence-corrected chi connectivity index (χ4v) is 7.97. The van der Waals surface area contributed by atoms with Crippen molar-refractivity contribution in [2.45, 2.75) is 289 Å². The number of aliphatic hydroxyl groups excluding tert-OH is 4. The molecule has 0 rings (SSSR count). The van der Waals surface area contributed by atoms with Gasteiger partial charge in [0.1, 0.15) is 12.2 Å². The minimum atomic E-state index is -1.28. The standard InChI is InChI=1S/C53H101NO5/c1-3-5-7-9-11-13-15-17-18-19-20-21-22-23-24-25-26-27-28-29-30-31-32-33-35-37-39-41-43-45-47-51(57)53(59)54-49(48-55)52(58)50(56)46-44-42-40-38-36-34-16-14-12-10-8-6-4-2/h20-21,23-24,38,40,49-52,55-58H,3-19,22,25-37,39,41-48H2,1-2H3,(H,54,59)/b21-20-,24-23-,40-38+. The summed E-state index contributed by atoms with van der Waals surface area (Å²) in [6.45, 7) is 4.04. The normalized spacial score (nSPS) is 14.2. The molecule has 0 fully saturated rings. The summed E-state index contributed by atoms with van der Waals surface area (Å²) in [6, 6.07) is -1.00. The molecule has 1 amide bonds. The average Bonchev–Trinajstić information content (AvgIpc) is 3.24. The molecule has 6 nitrogen and oxygen atoms in total. The van der Waals surface area contributed by atoms with Gasteiger partial charge >= 0.3 is 0 Å². The second-order valence-corrected chi connectivity index (χ2v) is 17.9. The Morgan fingerprint density at radius 1 is 0.424 bits per heavy atom. The fraction of sp³-hybridized carbons (Fsp3) is 0.868. The van der Waals surface area contributed by atoms with Crippen molar-refractivity contribution in [3.8, 4) is 0 Å². The molecule has 0 saturated carbocycles. The smallest absolute Gasteiger partial charge is 0.249 e. The number of aliphatic hydroxyl groups is 4. The van der Waals surface area contributed by atoms with Gasteiger partial charge in [0, 0.05) is 0 Å². The molecule has 0 aliphatic carbocycles. The summed E-state index contributed by atoms with van der Waals surface area (Å²) in [7, 11) is 0. The van der Waals surface area contributed by atoms with Gasteiger partial charge in [-0.3, -0.25) is 4.79 Å². The number of rotatable bonds is 47. The highest BCUT2D eigenvalue weighted by atomic mass is 16.3. The quantitative estimate of drug-likeness (QED) is 0.0310. The van der Waals surface area contributed by atoms with E-state index >= 15 is 0 Å². The summed E-state index contributed by atoms with van der Waals surface area (Å²) in [5.41, 5.74) is 0. The van der Waals surface area contributed by atoms with Crippen molar-refractivity contribution in [2.75, 3.05) is 6.61 Å². The van der Waals surface area contributed by atoms with Crippen LogP contribution < -0.4 is 5.32 Å². The van der Waals surface area contributed by atoms with Gasteiger partial charge in [-0.1, -0.05) is 230 Å². The number of nitrogens with one attached hydrogen (secondary N) is 1. The Hall–Kier alpha value is -1.47. The van der Waals surface area contributed by atoms with Crippen LogP contribution in [0, 0.1) is 0 Å². The molecule has 0 heterocycles. The first-order valence-corrected chi connectivity index (χ1v) is 25.9. The molecule has 348 valence electrons. The van der Waals surface area contributed by atoms with Gasteiger partial charge in [-0.05, 0) is 70.6 Å². The van der Waals surface area contributed by atoms with Crippen LogP contribution in [0.25, 0.3) is 0 Å². The van der Waals surface area contributed by atoms with E-state index in [1.165, 1.54) is 193 Å². The third-order valence-corrected chi connectivity index (χ3v) is 12.1. The Balaban J connectivity index is 3.63. The van der Waals surface area contributed by atoms with Crippen LogP contribution in [0.2, 0.25) is 0 Å². The van der Waals surface area contributed by atoms with Gasteiger partial charge in [0.05, 0.1) is 18.8 Å². The molecule has 0 bridgehead atoms. The first kappa shape index (κ1) is 57.5. The zero-order chi connectivity index (χ0) is 43.1. The number of unbranched alkanes of at least 4 members (excludes halogenated alkanes) is 32. The first-order chi connectivity index (χ1) is 29.0. The summed E-state index contributed by atoms with van der Waals surface area (Å²) in [5, 5.41) is 43.7. The van der Waals surface area contributed by atoms with Crippen molar-refractivity contribution >= 4 is 5.91 Å². The van der Waals surface area contributed by atoms with Crippen LogP contribution in [0.15, 0.2) is 36.5 Å². The molecule has 0 aromatic rings. The lowest BCUT2D eigenvalue weighted by Gasteiger charge is -2.27. The van der Waals surface area contributed by atoms with E-state index in [1.54, 1.807) is 0 Å². The molecule has 0 aromatic carbocycles. The van der Waals surface area contributed by atoms with E-state index in [-0.39, 0.29) is 0 Å². The molecule has 0 aromatic heterocycles. The van der Waals surface area contributed by atoms with Crippen molar-refractivity contribution in [1.29, 1.82) is 0 Å². The Morgan fingerprint density at radius 2 is 0.746 bits per heavy atom. The number of carbonyl (C=O) groups is 1. The lowest BCUT2D eigenvalue weighted by atomic mass is 10.00. The number of allylic oxidation sites excluding steroid dienone is 6. The Morgan fingerprint density at radius 3 is 1.12 bits per heavy atom. The lowest BCUT2D eigenvalue weighted by molar-refractivity contribution is -0.132. The van der Waals surface area contributed by atoms with Crippen LogP contribution in [0.1, 0.15) is 264 Å². The molecule has 0 aliphatic heterocycles. The monoisotopic (exact) mass is 832 g/mol. The Bertz CT molecular complexity index is 935. The summed E-state index contributed by atoms with van der Waals surface area (Å²) in [4.78, 5) is 12.5. The lowest BCUT2D eigenvalue weighted by Crippen LogP contribution is -2.53. The predicted octanol–water partition coefficient (Wildman–Crippen LogP) is 14.5. The zero-order valence-electron chi connectivity index (χ0n) is 39.3. The van der Waals surface area contributed by atoms with Gasteiger partial charge < -0.3 is 25.7 Å². The molecule has 4 unspecified atom stereocenters. The van der Waals surface area contributed by atoms with Crippen molar-refractivity contribution in [1.82, 2.24) is 5.32 Å². The van der Waals surface area contributed by atoms with Crippen molar-refractivity contribution in [3.05, 3.63) is 36.5 Å². The van der Waals surface area contributed by atoms with Crippen LogP contribution in [0.3, 0.4) is 0 Å². The van der Waals surface area contributed by atoms with Crippen LogP contribution in [-0.4, -0.2) is 57.3 Å². The van der Waals surface area contributed by atoms with Gasteiger partial charge in [0.2, 0.25) is 5.91 Å². The second-order valence-electron chi connectivity index (χ2n) is 17.9. The van der Waals surface area contributed by atoms with E-state index in [9.17, 15) is 25.2 Å². The van der Waals surface area contributed by atoms with Crippen LogP contribution >= 0.6 is 0 Å². The van der Waals surface area contributed by atoms with Crippen LogP contribution in [0.5, 0.6) is 0 Å². The third-order valence-electron chi connectivity index (χ3n) is 12.1. The molecule has 5 N–H and O–H groups in total. The maximum absolute atomic E-state index is 12.5. The van der Waals surface area contributed by atoms with Crippen LogP contribution in [0.4, 0.5) is 0 Å². The number of hydrogen-bond donors (Lipinski definition) is 5.